The first kappa shape index (κ1) is 12.5. The van der Waals surface area contributed by atoms with E-state index in [-0.39, 0.29) is 12.1 Å². The van der Waals surface area contributed by atoms with Gasteiger partial charge in [0.1, 0.15) is 5.54 Å². The molecule has 1 rings (SSSR count). The highest BCUT2D eigenvalue weighted by Gasteiger charge is 2.47. The average molecular weight is 215 g/mol. The normalized spacial score (nSPS) is 31.9. The Bertz CT molecular complexity index is 230. The van der Waals surface area contributed by atoms with Crippen LogP contribution >= 0.6 is 0 Å². The van der Waals surface area contributed by atoms with Gasteiger partial charge in [-0.2, -0.15) is 0 Å². The molecule has 4 nitrogen and oxygen atoms in total. The number of hydrogen-bond acceptors (Lipinski definition) is 3. The second-order valence-electron chi connectivity index (χ2n) is 4.55. The molecular weight excluding hydrogens is 194 g/mol. The predicted molar refractivity (Wildman–Crippen MR) is 57.9 cm³/mol. The Balaban J connectivity index is 2.89. The van der Waals surface area contributed by atoms with E-state index in [1.165, 1.54) is 0 Å². The second kappa shape index (κ2) is 4.94. The van der Waals surface area contributed by atoms with Crippen molar-refractivity contribution in [1.82, 2.24) is 5.32 Å². The summed E-state index contributed by atoms with van der Waals surface area (Å²) in [5, 5.41) is 12.6. The van der Waals surface area contributed by atoms with E-state index in [2.05, 4.69) is 5.32 Å². The molecule has 0 bridgehead atoms. The Morgan fingerprint density at radius 1 is 1.53 bits per heavy atom. The van der Waals surface area contributed by atoms with Gasteiger partial charge in [-0.25, -0.2) is 0 Å². The van der Waals surface area contributed by atoms with Crippen molar-refractivity contribution < 1.29 is 14.6 Å². The molecule has 0 aromatic rings. The Morgan fingerprint density at radius 3 is 2.67 bits per heavy atom. The molecule has 0 aromatic heterocycles. The van der Waals surface area contributed by atoms with Crippen molar-refractivity contribution in [3.05, 3.63) is 0 Å². The summed E-state index contributed by atoms with van der Waals surface area (Å²) < 4.78 is 5.33. The zero-order valence-corrected chi connectivity index (χ0v) is 9.75. The lowest BCUT2D eigenvalue weighted by atomic mass is 9.78. The topological polar surface area (TPSA) is 58.6 Å². The molecule has 1 saturated carbocycles. The fraction of sp³-hybridized carbons (Fsp3) is 0.909. The van der Waals surface area contributed by atoms with Crippen molar-refractivity contribution in [2.45, 2.75) is 57.2 Å². The summed E-state index contributed by atoms with van der Waals surface area (Å²) in [7, 11) is 1.59. The van der Waals surface area contributed by atoms with E-state index in [0.29, 0.717) is 6.42 Å². The molecule has 0 spiro atoms. The first-order valence-corrected chi connectivity index (χ1v) is 5.57. The van der Waals surface area contributed by atoms with Crippen LogP contribution < -0.4 is 5.32 Å². The standard InChI is InChI=1S/C11H21NO3/c1-8(2)12-11(10(13)14)7-5-4-6-9(11)15-3/h8-9,12H,4-7H2,1-3H3,(H,13,14). The van der Waals surface area contributed by atoms with Gasteiger partial charge < -0.3 is 9.84 Å². The van der Waals surface area contributed by atoms with Gasteiger partial charge in [0, 0.05) is 13.2 Å². The quantitative estimate of drug-likeness (QED) is 0.744. The summed E-state index contributed by atoms with van der Waals surface area (Å²) >= 11 is 0. The van der Waals surface area contributed by atoms with Crippen molar-refractivity contribution in [3.8, 4) is 0 Å². The molecule has 0 saturated heterocycles. The smallest absolute Gasteiger partial charge is 0.326 e. The fourth-order valence-corrected chi connectivity index (χ4v) is 2.45. The third-order valence-corrected chi connectivity index (χ3v) is 3.05. The van der Waals surface area contributed by atoms with Gasteiger partial charge in [0.05, 0.1) is 6.10 Å². The molecule has 0 radical (unpaired) electrons. The van der Waals surface area contributed by atoms with E-state index in [4.69, 9.17) is 4.74 Å². The number of aliphatic carboxylic acids is 1. The number of hydrogen-bond donors (Lipinski definition) is 2. The van der Waals surface area contributed by atoms with Gasteiger partial charge in [0.2, 0.25) is 0 Å². The summed E-state index contributed by atoms with van der Waals surface area (Å²) in [6, 6.07) is 0.150. The molecule has 1 aliphatic carbocycles. The Morgan fingerprint density at radius 2 is 2.20 bits per heavy atom. The number of carbonyl (C=O) groups is 1. The summed E-state index contributed by atoms with van der Waals surface area (Å²) in [6.07, 6.45) is 3.26. The maximum absolute atomic E-state index is 11.4. The zero-order chi connectivity index (χ0) is 11.5. The fourth-order valence-electron chi connectivity index (χ4n) is 2.45. The lowest BCUT2D eigenvalue weighted by Gasteiger charge is -2.41. The summed E-state index contributed by atoms with van der Waals surface area (Å²) in [5.41, 5.74) is -0.888. The predicted octanol–water partition coefficient (Wildman–Crippen LogP) is 1.40. The number of nitrogens with one attached hydrogen (secondary N) is 1. The molecule has 15 heavy (non-hydrogen) atoms. The summed E-state index contributed by atoms with van der Waals surface area (Å²) in [6.45, 7) is 3.93. The van der Waals surface area contributed by atoms with Crippen LogP contribution in [0.2, 0.25) is 0 Å². The number of ether oxygens (including phenoxy) is 1. The van der Waals surface area contributed by atoms with E-state index >= 15 is 0 Å². The van der Waals surface area contributed by atoms with Crippen LogP contribution in [0.25, 0.3) is 0 Å². The highest BCUT2D eigenvalue weighted by atomic mass is 16.5. The van der Waals surface area contributed by atoms with Crippen molar-refractivity contribution in [1.29, 1.82) is 0 Å². The van der Waals surface area contributed by atoms with E-state index in [9.17, 15) is 9.90 Å². The second-order valence-corrected chi connectivity index (χ2v) is 4.55. The largest absolute Gasteiger partial charge is 0.480 e. The Labute approximate surface area is 91.0 Å². The van der Waals surface area contributed by atoms with Crippen LogP contribution in [-0.4, -0.2) is 35.9 Å². The molecule has 1 aliphatic rings. The molecule has 0 amide bonds. The van der Waals surface area contributed by atoms with Crippen LogP contribution in [0.4, 0.5) is 0 Å². The maximum Gasteiger partial charge on any atom is 0.326 e. The van der Waals surface area contributed by atoms with E-state index in [1.807, 2.05) is 13.8 Å². The monoisotopic (exact) mass is 215 g/mol. The van der Waals surface area contributed by atoms with Crippen molar-refractivity contribution in [3.63, 3.8) is 0 Å². The van der Waals surface area contributed by atoms with E-state index in [1.54, 1.807) is 7.11 Å². The van der Waals surface area contributed by atoms with E-state index in [0.717, 1.165) is 19.3 Å². The minimum Gasteiger partial charge on any atom is -0.480 e. The summed E-state index contributed by atoms with van der Waals surface area (Å²) in [5.74, 6) is -0.789. The van der Waals surface area contributed by atoms with Gasteiger partial charge in [-0.3, -0.25) is 10.1 Å². The van der Waals surface area contributed by atoms with Crippen LogP contribution in [0.3, 0.4) is 0 Å². The molecule has 2 N–H and O–H groups in total. The van der Waals surface area contributed by atoms with Gasteiger partial charge in [-0.1, -0.05) is 12.8 Å². The molecule has 2 unspecified atom stereocenters. The molecule has 1 fully saturated rings. The minimum atomic E-state index is -0.888. The molecule has 0 heterocycles. The van der Waals surface area contributed by atoms with Crippen molar-refractivity contribution in [2.24, 2.45) is 0 Å². The highest BCUT2D eigenvalue weighted by Crippen LogP contribution is 2.31. The number of methoxy groups -OCH3 is 1. The Hall–Kier alpha value is -0.610. The van der Waals surface area contributed by atoms with Crippen LogP contribution in [0.5, 0.6) is 0 Å². The summed E-state index contributed by atoms with van der Waals surface area (Å²) in [4.78, 5) is 11.4. The SMILES string of the molecule is COC1CCCCC1(NC(C)C)C(=O)O. The van der Waals surface area contributed by atoms with Crippen LogP contribution in [0, 0.1) is 0 Å². The lowest BCUT2D eigenvalue weighted by molar-refractivity contribution is -0.155. The van der Waals surface area contributed by atoms with Gasteiger partial charge in [-0.05, 0) is 26.7 Å². The highest BCUT2D eigenvalue weighted by molar-refractivity contribution is 5.80. The number of rotatable bonds is 4. The van der Waals surface area contributed by atoms with Crippen LogP contribution in [0.15, 0.2) is 0 Å². The third kappa shape index (κ3) is 2.49. The zero-order valence-electron chi connectivity index (χ0n) is 9.75. The number of carboxylic acid groups (broad SMARTS) is 1. The number of carboxylic acids is 1. The maximum atomic E-state index is 11.4. The van der Waals surface area contributed by atoms with Crippen LogP contribution in [-0.2, 0) is 9.53 Å². The van der Waals surface area contributed by atoms with Gasteiger partial charge in [0.25, 0.3) is 0 Å². The minimum absolute atomic E-state index is 0.150. The molecule has 0 aromatic carbocycles. The first-order valence-electron chi connectivity index (χ1n) is 5.57. The Kier molecular flexibility index (Phi) is 4.11. The van der Waals surface area contributed by atoms with Gasteiger partial charge in [-0.15, -0.1) is 0 Å². The first-order chi connectivity index (χ1) is 7.03. The lowest BCUT2D eigenvalue weighted by Crippen LogP contribution is -2.63. The molecule has 4 heteroatoms. The van der Waals surface area contributed by atoms with E-state index < -0.39 is 11.5 Å². The molecule has 0 aliphatic heterocycles. The van der Waals surface area contributed by atoms with Gasteiger partial charge in [0.15, 0.2) is 0 Å². The van der Waals surface area contributed by atoms with Crippen molar-refractivity contribution in [2.75, 3.05) is 7.11 Å². The average Bonchev–Trinajstić information content (AvgIpc) is 2.17. The van der Waals surface area contributed by atoms with Crippen LogP contribution in [0.1, 0.15) is 39.5 Å². The van der Waals surface area contributed by atoms with Crippen molar-refractivity contribution >= 4 is 5.97 Å². The van der Waals surface area contributed by atoms with Gasteiger partial charge >= 0.3 is 5.97 Å². The molecular formula is C11H21NO3. The third-order valence-electron chi connectivity index (χ3n) is 3.05. The molecule has 88 valence electrons. The molecule has 2 atom stereocenters.